The first-order valence-corrected chi connectivity index (χ1v) is 9.06. The van der Waals surface area contributed by atoms with Crippen molar-refractivity contribution < 1.29 is 28.9 Å². The lowest BCUT2D eigenvalue weighted by atomic mass is 10.1. The van der Waals surface area contributed by atoms with Crippen molar-refractivity contribution in [1.29, 1.82) is 0 Å². The van der Waals surface area contributed by atoms with E-state index in [9.17, 15) is 9.59 Å². The second-order valence-corrected chi connectivity index (χ2v) is 6.76. The highest BCUT2D eigenvalue weighted by Crippen LogP contribution is 2.32. The van der Waals surface area contributed by atoms with Crippen LogP contribution in [0.3, 0.4) is 0 Å². The van der Waals surface area contributed by atoms with Crippen molar-refractivity contribution in [2.75, 3.05) is 7.11 Å². The second-order valence-electron chi connectivity index (χ2n) is 6.76. The Hall–Kier alpha value is -2.28. The van der Waals surface area contributed by atoms with Gasteiger partial charge in [-0.2, -0.15) is 0 Å². The van der Waals surface area contributed by atoms with Gasteiger partial charge in [0.1, 0.15) is 6.10 Å². The molecular formula is C19H25NO6. The van der Waals surface area contributed by atoms with Crippen LogP contribution >= 0.6 is 0 Å². The maximum absolute atomic E-state index is 12.2. The van der Waals surface area contributed by atoms with Gasteiger partial charge in [-0.3, -0.25) is 4.79 Å². The second kappa shape index (κ2) is 8.40. The van der Waals surface area contributed by atoms with E-state index in [1.807, 2.05) is 18.2 Å². The highest BCUT2D eigenvalue weighted by molar-refractivity contribution is 5.82. The summed E-state index contributed by atoms with van der Waals surface area (Å²) in [6, 6.07) is 5.58. The summed E-state index contributed by atoms with van der Waals surface area (Å²) in [4.78, 5) is 23.1. The van der Waals surface area contributed by atoms with E-state index in [-0.39, 0.29) is 12.0 Å². The van der Waals surface area contributed by atoms with E-state index in [2.05, 4.69) is 5.32 Å². The van der Waals surface area contributed by atoms with Crippen LogP contribution in [-0.4, -0.2) is 42.4 Å². The number of ether oxygens (including phenoxy) is 3. The lowest BCUT2D eigenvalue weighted by Crippen LogP contribution is -2.35. The van der Waals surface area contributed by atoms with Gasteiger partial charge in [0.2, 0.25) is 5.91 Å². The number of carboxylic acid groups (broad SMARTS) is 1. The van der Waals surface area contributed by atoms with Crippen LogP contribution in [0.5, 0.6) is 11.5 Å². The van der Waals surface area contributed by atoms with E-state index in [4.69, 9.17) is 19.3 Å². The number of carbonyl (C=O) groups excluding carboxylic acids is 1. The molecule has 26 heavy (non-hydrogen) atoms. The van der Waals surface area contributed by atoms with Crippen LogP contribution in [0.1, 0.15) is 44.1 Å². The van der Waals surface area contributed by atoms with Gasteiger partial charge in [0, 0.05) is 6.54 Å². The minimum atomic E-state index is -1.02. The van der Waals surface area contributed by atoms with Gasteiger partial charge in [0.15, 0.2) is 17.6 Å². The standard InChI is InChI=1S/C19H25NO6/c1-24-14-7-6-12(10-17(14)25-13-4-2-3-5-13)11-20-18(21)15-8-9-16(26-15)19(22)23/h6-7,10,13,15-16H,2-5,8-9,11H2,1H3,(H,20,21)(H,22,23)/t15-,16+/m0/s1. The molecule has 1 amide bonds. The van der Waals surface area contributed by atoms with Gasteiger partial charge < -0.3 is 24.6 Å². The van der Waals surface area contributed by atoms with Gasteiger partial charge in [-0.15, -0.1) is 0 Å². The molecule has 0 aromatic heterocycles. The predicted molar refractivity (Wildman–Crippen MR) is 93.3 cm³/mol. The average Bonchev–Trinajstić information content (AvgIpc) is 3.31. The molecule has 1 aliphatic carbocycles. The quantitative estimate of drug-likeness (QED) is 0.772. The number of aliphatic carboxylic acids is 1. The Balaban J connectivity index is 1.57. The first-order valence-electron chi connectivity index (χ1n) is 9.06. The summed E-state index contributed by atoms with van der Waals surface area (Å²) in [7, 11) is 1.61. The number of methoxy groups -OCH3 is 1. The number of nitrogens with one attached hydrogen (secondary N) is 1. The van der Waals surface area contributed by atoms with E-state index in [0.717, 1.165) is 18.4 Å². The van der Waals surface area contributed by atoms with Crippen molar-refractivity contribution in [3.63, 3.8) is 0 Å². The lowest BCUT2D eigenvalue weighted by molar-refractivity contribution is -0.151. The molecule has 2 fully saturated rings. The van der Waals surface area contributed by atoms with Gasteiger partial charge in [0.25, 0.3) is 0 Å². The van der Waals surface area contributed by atoms with Gasteiger partial charge in [0.05, 0.1) is 13.2 Å². The summed E-state index contributed by atoms with van der Waals surface area (Å²) in [5.74, 6) is 0.0524. The maximum atomic E-state index is 12.2. The fourth-order valence-corrected chi connectivity index (χ4v) is 3.42. The topological polar surface area (TPSA) is 94.1 Å². The third-order valence-electron chi connectivity index (χ3n) is 4.88. The molecule has 1 heterocycles. The first-order chi connectivity index (χ1) is 12.6. The molecule has 2 aliphatic rings. The van der Waals surface area contributed by atoms with Crippen LogP contribution < -0.4 is 14.8 Å². The molecule has 7 nitrogen and oxygen atoms in total. The van der Waals surface area contributed by atoms with Crippen molar-refractivity contribution in [3.05, 3.63) is 23.8 Å². The molecule has 1 aromatic rings. The average molecular weight is 363 g/mol. The van der Waals surface area contributed by atoms with E-state index in [0.29, 0.717) is 30.9 Å². The molecule has 1 aliphatic heterocycles. The minimum absolute atomic E-state index is 0.216. The first kappa shape index (κ1) is 18.5. The normalized spacial score (nSPS) is 23.0. The van der Waals surface area contributed by atoms with Crippen molar-refractivity contribution in [1.82, 2.24) is 5.32 Å². The Kier molecular flexibility index (Phi) is 5.98. The smallest absolute Gasteiger partial charge is 0.332 e. The molecule has 0 unspecified atom stereocenters. The number of rotatable bonds is 7. The molecule has 0 bridgehead atoms. The number of carbonyl (C=O) groups is 2. The van der Waals surface area contributed by atoms with Crippen LogP contribution in [0.15, 0.2) is 18.2 Å². The largest absolute Gasteiger partial charge is 0.493 e. The van der Waals surface area contributed by atoms with Crippen LogP contribution in [0.25, 0.3) is 0 Å². The van der Waals surface area contributed by atoms with E-state index in [1.165, 1.54) is 12.8 Å². The van der Waals surface area contributed by atoms with Crippen LogP contribution in [0, 0.1) is 0 Å². The molecule has 142 valence electrons. The maximum Gasteiger partial charge on any atom is 0.332 e. The molecular weight excluding hydrogens is 338 g/mol. The fourth-order valence-electron chi connectivity index (χ4n) is 3.42. The lowest BCUT2D eigenvalue weighted by Gasteiger charge is -2.17. The van der Waals surface area contributed by atoms with E-state index >= 15 is 0 Å². The molecule has 0 spiro atoms. The zero-order chi connectivity index (χ0) is 18.5. The predicted octanol–water partition coefficient (Wildman–Crippen LogP) is 2.26. The summed E-state index contributed by atoms with van der Waals surface area (Å²) >= 11 is 0. The molecule has 1 saturated heterocycles. The number of carboxylic acids is 1. The summed E-state index contributed by atoms with van der Waals surface area (Å²) < 4.78 is 16.7. The molecule has 2 N–H and O–H groups in total. The summed E-state index contributed by atoms with van der Waals surface area (Å²) in [6.07, 6.45) is 3.86. The summed E-state index contributed by atoms with van der Waals surface area (Å²) in [5.41, 5.74) is 0.889. The Morgan fingerprint density at radius 1 is 1.15 bits per heavy atom. The zero-order valence-electron chi connectivity index (χ0n) is 14.9. The van der Waals surface area contributed by atoms with Crippen molar-refractivity contribution in [2.24, 2.45) is 0 Å². The van der Waals surface area contributed by atoms with Crippen LogP contribution in [-0.2, 0) is 20.9 Å². The van der Waals surface area contributed by atoms with Crippen molar-refractivity contribution >= 4 is 11.9 Å². The Labute approximate surface area is 152 Å². The van der Waals surface area contributed by atoms with E-state index < -0.39 is 18.2 Å². The molecule has 0 radical (unpaired) electrons. The molecule has 1 saturated carbocycles. The highest BCUT2D eigenvalue weighted by Gasteiger charge is 2.34. The van der Waals surface area contributed by atoms with Gasteiger partial charge >= 0.3 is 5.97 Å². The van der Waals surface area contributed by atoms with Crippen molar-refractivity contribution in [2.45, 2.75) is 63.4 Å². The number of amides is 1. The van der Waals surface area contributed by atoms with Gasteiger partial charge in [-0.1, -0.05) is 6.07 Å². The summed E-state index contributed by atoms with van der Waals surface area (Å²) in [5, 5.41) is 11.7. The Morgan fingerprint density at radius 3 is 2.54 bits per heavy atom. The van der Waals surface area contributed by atoms with E-state index in [1.54, 1.807) is 7.11 Å². The molecule has 3 rings (SSSR count). The fraction of sp³-hybridized carbons (Fsp3) is 0.579. The molecule has 2 atom stereocenters. The van der Waals surface area contributed by atoms with Gasteiger partial charge in [-0.25, -0.2) is 4.79 Å². The third-order valence-corrected chi connectivity index (χ3v) is 4.88. The number of hydrogen-bond donors (Lipinski definition) is 2. The van der Waals surface area contributed by atoms with Crippen molar-refractivity contribution in [3.8, 4) is 11.5 Å². The minimum Gasteiger partial charge on any atom is -0.493 e. The Bertz CT molecular complexity index is 655. The highest BCUT2D eigenvalue weighted by atomic mass is 16.5. The SMILES string of the molecule is COc1ccc(CNC(=O)[C@@H]2CC[C@H](C(=O)O)O2)cc1OC1CCCC1. The molecule has 7 heteroatoms. The zero-order valence-corrected chi connectivity index (χ0v) is 14.9. The Morgan fingerprint density at radius 2 is 1.88 bits per heavy atom. The summed E-state index contributed by atoms with van der Waals surface area (Å²) in [6.45, 7) is 0.321. The van der Waals surface area contributed by atoms with Gasteiger partial charge in [-0.05, 0) is 56.2 Å². The van der Waals surface area contributed by atoms with Crippen LogP contribution in [0.2, 0.25) is 0 Å². The number of hydrogen-bond acceptors (Lipinski definition) is 5. The third kappa shape index (κ3) is 4.46. The number of benzene rings is 1. The van der Waals surface area contributed by atoms with Crippen LogP contribution in [0.4, 0.5) is 0 Å². The monoisotopic (exact) mass is 363 g/mol. The molecule has 1 aromatic carbocycles.